The lowest BCUT2D eigenvalue weighted by atomic mass is 10.3. The van der Waals surface area contributed by atoms with Gasteiger partial charge in [-0.3, -0.25) is 4.72 Å². The van der Waals surface area contributed by atoms with Crippen LogP contribution in [0.1, 0.15) is 5.56 Å². The number of nitrogen functional groups attached to an aromatic ring is 1. The maximum atomic E-state index is 12.3. The van der Waals surface area contributed by atoms with Gasteiger partial charge < -0.3 is 5.73 Å². The lowest BCUT2D eigenvalue weighted by Crippen LogP contribution is -2.15. The summed E-state index contributed by atoms with van der Waals surface area (Å²) >= 11 is 11.7. The van der Waals surface area contributed by atoms with E-state index in [9.17, 15) is 8.42 Å². The van der Waals surface area contributed by atoms with Crippen molar-refractivity contribution < 1.29 is 8.42 Å². The minimum absolute atomic E-state index is 0.0771. The average molecular weight is 332 g/mol. The van der Waals surface area contributed by atoms with Crippen LogP contribution in [-0.4, -0.2) is 13.4 Å². The standard InChI is InChI=1S/C12H11Cl2N3O2S/c1-7-3-2-4-16-12(7)17-20(18,19)8-5-9(13)11(15)10(14)6-8/h2-6H,15H2,1H3,(H,16,17). The van der Waals surface area contributed by atoms with Gasteiger partial charge in [0.25, 0.3) is 10.0 Å². The normalized spacial score (nSPS) is 11.3. The van der Waals surface area contributed by atoms with E-state index in [1.165, 1.54) is 18.3 Å². The fourth-order valence-corrected chi connectivity index (χ4v) is 3.24. The van der Waals surface area contributed by atoms with Crippen LogP contribution in [0.3, 0.4) is 0 Å². The van der Waals surface area contributed by atoms with Crippen molar-refractivity contribution >= 4 is 44.7 Å². The minimum Gasteiger partial charge on any atom is -0.396 e. The Morgan fingerprint density at radius 3 is 2.40 bits per heavy atom. The minimum atomic E-state index is -3.83. The molecule has 0 saturated carbocycles. The zero-order chi connectivity index (χ0) is 14.9. The quantitative estimate of drug-likeness (QED) is 0.846. The summed E-state index contributed by atoms with van der Waals surface area (Å²) in [7, 11) is -3.83. The first kappa shape index (κ1) is 14.9. The summed E-state index contributed by atoms with van der Waals surface area (Å²) in [4.78, 5) is 3.89. The van der Waals surface area contributed by atoms with Gasteiger partial charge in [0.15, 0.2) is 0 Å². The number of aryl methyl sites for hydroxylation is 1. The molecule has 0 bridgehead atoms. The Bertz CT molecular complexity index is 740. The number of sulfonamides is 1. The highest BCUT2D eigenvalue weighted by Crippen LogP contribution is 2.31. The van der Waals surface area contributed by atoms with Crippen molar-refractivity contribution in [2.75, 3.05) is 10.5 Å². The SMILES string of the molecule is Cc1cccnc1NS(=O)(=O)c1cc(Cl)c(N)c(Cl)c1. The van der Waals surface area contributed by atoms with E-state index in [4.69, 9.17) is 28.9 Å². The zero-order valence-corrected chi connectivity index (χ0v) is 12.7. The van der Waals surface area contributed by atoms with Crippen LogP contribution in [0, 0.1) is 6.92 Å². The Hall–Kier alpha value is -1.50. The molecule has 0 atom stereocenters. The molecule has 0 spiro atoms. The fourth-order valence-electron chi connectivity index (χ4n) is 1.49. The summed E-state index contributed by atoms with van der Waals surface area (Å²) < 4.78 is 26.9. The number of pyridine rings is 1. The fraction of sp³-hybridized carbons (Fsp3) is 0.0833. The number of anilines is 2. The van der Waals surface area contributed by atoms with Crippen LogP contribution >= 0.6 is 23.2 Å². The molecule has 1 aromatic carbocycles. The van der Waals surface area contributed by atoms with Gasteiger partial charge in [-0.2, -0.15) is 0 Å². The second-order valence-electron chi connectivity index (χ2n) is 4.08. The third-order valence-corrected chi connectivity index (χ3v) is 4.55. The maximum absolute atomic E-state index is 12.3. The number of hydrogen-bond acceptors (Lipinski definition) is 4. The van der Waals surface area contributed by atoms with Gasteiger partial charge in [0.05, 0.1) is 20.6 Å². The second-order valence-corrected chi connectivity index (χ2v) is 6.57. The van der Waals surface area contributed by atoms with Gasteiger partial charge in [-0.15, -0.1) is 0 Å². The molecule has 1 aromatic heterocycles. The van der Waals surface area contributed by atoms with E-state index in [2.05, 4.69) is 9.71 Å². The molecule has 0 aliphatic rings. The number of nitrogens with two attached hydrogens (primary N) is 1. The largest absolute Gasteiger partial charge is 0.396 e. The molecule has 0 saturated heterocycles. The molecule has 0 fully saturated rings. The van der Waals surface area contributed by atoms with Gasteiger partial charge in [0, 0.05) is 6.20 Å². The number of rotatable bonds is 3. The Balaban J connectivity index is 2.44. The van der Waals surface area contributed by atoms with E-state index in [0.29, 0.717) is 5.56 Å². The van der Waals surface area contributed by atoms with Gasteiger partial charge in [-0.1, -0.05) is 29.3 Å². The van der Waals surface area contributed by atoms with Gasteiger partial charge >= 0.3 is 0 Å². The van der Waals surface area contributed by atoms with Gasteiger partial charge in [-0.05, 0) is 30.7 Å². The Kier molecular flexibility index (Phi) is 4.08. The molecule has 0 amide bonds. The van der Waals surface area contributed by atoms with Crippen LogP contribution in [0.25, 0.3) is 0 Å². The Labute approximate surface area is 126 Å². The molecule has 1 heterocycles. The van der Waals surface area contributed by atoms with Crippen LogP contribution in [0.5, 0.6) is 0 Å². The molecule has 5 nitrogen and oxygen atoms in total. The molecule has 0 radical (unpaired) electrons. The first-order valence-electron chi connectivity index (χ1n) is 5.50. The zero-order valence-electron chi connectivity index (χ0n) is 10.4. The van der Waals surface area contributed by atoms with Crippen molar-refractivity contribution in [3.05, 3.63) is 46.1 Å². The van der Waals surface area contributed by atoms with Crippen LogP contribution < -0.4 is 10.5 Å². The molecule has 20 heavy (non-hydrogen) atoms. The van der Waals surface area contributed by atoms with Crippen molar-refractivity contribution in [3.8, 4) is 0 Å². The molecule has 2 rings (SSSR count). The number of aromatic nitrogens is 1. The number of benzene rings is 1. The summed E-state index contributed by atoms with van der Waals surface area (Å²) in [6.45, 7) is 1.74. The lowest BCUT2D eigenvalue weighted by molar-refractivity contribution is 0.601. The second kappa shape index (κ2) is 5.47. The van der Waals surface area contributed by atoms with Crippen molar-refractivity contribution in [1.29, 1.82) is 0 Å². The highest BCUT2D eigenvalue weighted by atomic mass is 35.5. The van der Waals surface area contributed by atoms with E-state index in [0.717, 1.165) is 0 Å². The number of halogens is 2. The molecular formula is C12H11Cl2N3O2S. The molecule has 0 aliphatic heterocycles. The summed E-state index contributed by atoms with van der Waals surface area (Å²) in [6.07, 6.45) is 1.49. The highest BCUT2D eigenvalue weighted by molar-refractivity contribution is 7.92. The molecule has 8 heteroatoms. The number of nitrogens with zero attached hydrogens (tertiary/aromatic N) is 1. The predicted molar refractivity (Wildman–Crippen MR) is 80.7 cm³/mol. The molecule has 0 unspecified atom stereocenters. The molecular weight excluding hydrogens is 321 g/mol. The third kappa shape index (κ3) is 2.98. The van der Waals surface area contributed by atoms with E-state index in [1.54, 1.807) is 19.1 Å². The van der Waals surface area contributed by atoms with Crippen molar-refractivity contribution in [2.45, 2.75) is 11.8 Å². The van der Waals surface area contributed by atoms with Gasteiger partial charge in [-0.25, -0.2) is 13.4 Å². The topological polar surface area (TPSA) is 85.1 Å². The number of hydrogen-bond donors (Lipinski definition) is 2. The summed E-state index contributed by atoms with van der Waals surface area (Å²) in [5.41, 5.74) is 6.42. The highest BCUT2D eigenvalue weighted by Gasteiger charge is 2.18. The lowest BCUT2D eigenvalue weighted by Gasteiger charge is -2.11. The molecule has 0 aliphatic carbocycles. The van der Waals surface area contributed by atoms with Crippen LogP contribution in [-0.2, 0) is 10.0 Å². The smallest absolute Gasteiger partial charge is 0.263 e. The van der Waals surface area contributed by atoms with E-state index in [1.807, 2.05) is 0 Å². The van der Waals surface area contributed by atoms with Crippen molar-refractivity contribution in [1.82, 2.24) is 4.98 Å². The summed E-state index contributed by atoms with van der Waals surface area (Å²) in [6, 6.07) is 5.94. The van der Waals surface area contributed by atoms with Crippen molar-refractivity contribution in [3.63, 3.8) is 0 Å². The third-order valence-electron chi connectivity index (χ3n) is 2.60. The first-order valence-corrected chi connectivity index (χ1v) is 7.74. The summed E-state index contributed by atoms with van der Waals surface area (Å²) in [5.74, 6) is 0.247. The Morgan fingerprint density at radius 1 is 1.25 bits per heavy atom. The maximum Gasteiger partial charge on any atom is 0.263 e. The van der Waals surface area contributed by atoms with Crippen LogP contribution in [0.15, 0.2) is 35.4 Å². The van der Waals surface area contributed by atoms with E-state index in [-0.39, 0.29) is 26.4 Å². The van der Waals surface area contributed by atoms with E-state index < -0.39 is 10.0 Å². The van der Waals surface area contributed by atoms with Gasteiger partial charge in [0.2, 0.25) is 0 Å². The van der Waals surface area contributed by atoms with Crippen molar-refractivity contribution in [2.24, 2.45) is 0 Å². The monoisotopic (exact) mass is 331 g/mol. The predicted octanol–water partition coefficient (Wildman–Crippen LogP) is 3.08. The van der Waals surface area contributed by atoms with Gasteiger partial charge in [0.1, 0.15) is 5.82 Å². The van der Waals surface area contributed by atoms with Crippen LogP contribution in [0.4, 0.5) is 11.5 Å². The molecule has 3 N–H and O–H groups in total. The molecule has 106 valence electrons. The first-order chi connectivity index (χ1) is 9.31. The summed E-state index contributed by atoms with van der Waals surface area (Å²) in [5, 5.41) is 0.159. The average Bonchev–Trinajstić information content (AvgIpc) is 2.38. The molecule has 2 aromatic rings. The van der Waals surface area contributed by atoms with Crippen LogP contribution in [0.2, 0.25) is 10.0 Å². The van der Waals surface area contributed by atoms with E-state index >= 15 is 0 Å². The number of nitrogens with one attached hydrogen (secondary N) is 1. The Morgan fingerprint density at radius 2 is 1.85 bits per heavy atom.